The van der Waals surface area contributed by atoms with E-state index in [9.17, 15) is 4.79 Å². The number of rotatable bonds is 3. The molecule has 1 heterocycles. The molecule has 0 spiro atoms. The first kappa shape index (κ1) is 12.1. The van der Waals surface area contributed by atoms with Crippen LogP contribution in [0.15, 0.2) is 11.7 Å². The Morgan fingerprint density at radius 2 is 2.31 bits per heavy atom. The van der Waals surface area contributed by atoms with Crippen LogP contribution in [-0.2, 0) is 0 Å². The summed E-state index contributed by atoms with van der Waals surface area (Å²) < 4.78 is 0. The van der Waals surface area contributed by atoms with Crippen LogP contribution in [0.5, 0.6) is 0 Å². The molecular weight excluding hydrogens is 184 g/mol. The van der Waals surface area contributed by atoms with Gasteiger partial charge in [-0.2, -0.15) is 0 Å². The fourth-order valence-corrected chi connectivity index (χ4v) is 1.19. The smallest absolute Gasteiger partial charge is 0.262 e. The van der Waals surface area contributed by atoms with Crippen LogP contribution >= 0.6 is 11.3 Å². The minimum atomic E-state index is -0.0191. The SMILES string of the molecule is CC.CCCNC(=O)c1cncs1. The third-order valence-corrected chi connectivity index (χ3v) is 1.96. The molecule has 0 aliphatic carbocycles. The molecule has 0 aliphatic heterocycles. The van der Waals surface area contributed by atoms with Crippen molar-refractivity contribution >= 4 is 17.2 Å². The molecule has 1 aromatic rings. The Hall–Kier alpha value is -0.900. The Kier molecular flexibility index (Phi) is 7.20. The highest BCUT2D eigenvalue weighted by Crippen LogP contribution is 2.03. The molecule has 1 amide bonds. The van der Waals surface area contributed by atoms with Crippen LogP contribution in [-0.4, -0.2) is 17.4 Å². The molecule has 74 valence electrons. The van der Waals surface area contributed by atoms with Crippen molar-refractivity contribution in [2.24, 2.45) is 0 Å². The van der Waals surface area contributed by atoms with Crippen LogP contribution in [0.4, 0.5) is 0 Å². The molecule has 0 aliphatic rings. The third-order valence-electron chi connectivity index (χ3n) is 1.19. The van der Waals surface area contributed by atoms with Crippen LogP contribution in [0.1, 0.15) is 36.9 Å². The van der Waals surface area contributed by atoms with E-state index < -0.39 is 0 Å². The van der Waals surface area contributed by atoms with Gasteiger partial charge in [-0.15, -0.1) is 11.3 Å². The number of hydrogen-bond acceptors (Lipinski definition) is 3. The summed E-state index contributed by atoms with van der Waals surface area (Å²) in [5.74, 6) is -0.0191. The molecule has 0 saturated heterocycles. The molecule has 1 N–H and O–H groups in total. The topological polar surface area (TPSA) is 42.0 Å². The molecule has 0 radical (unpaired) electrons. The van der Waals surface area contributed by atoms with Crippen LogP contribution < -0.4 is 5.32 Å². The average Bonchev–Trinajstić information content (AvgIpc) is 2.70. The second-order valence-electron chi connectivity index (χ2n) is 2.12. The van der Waals surface area contributed by atoms with Gasteiger partial charge in [0, 0.05) is 6.54 Å². The Labute approximate surface area is 83.2 Å². The maximum atomic E-state index is 11.1. The van der Waals surface area contributed by atoms with Crippen molar-refractivity contribution in [3.63, 3.8) is 0 Å². The van der Waals surface area contributed by atoms with Gasteiger partial charge in [-0.05, 0) is 6.42 Å². The average molecular weight is 200 g/mol. The Morgan fingerprint density at radius 3 is 2.77 bits per heavy atom. The molecule has 0 atom stereocenters. The molecule has 0 unspecified atom stereocenters. The van der Waals surface area contributed by atoms with Crippen LogP contribution in [0.3, 0.4) is 0 Å². The predicted octanol–water partition coefficient (Wildman–Crippen LogP) is 2.31. The minimum Gasteiger partial charge on any atom is -0.351 e. The maximum absolute atomic E-state index is 11.1. The highest BCUT2D eigenvalue weighted by Gasteiger charge is 2.04. The van der Waals surface area contributed by atoms with Gasteiger partial charge in [-0.3, -0.25) is 9.78 Å². The van der Waals surface area contributed by atoms with Gasteiger partial charge in [-0.25, -0.2) is 0 Å². The van der Waals surface area contributed by atoms with E-state index in [1.807, 2.05) is 20.8 Å². The first-order valence-electron chi connectivity index (χ1n) is 4.51. The number of amides is 1. The molecule has 4 heteroatoms. The van der Waals surface area contributed by atoms with E-state index in [0.29, 0.717) is 4.88 Å². The molecule has 1 rings (SSSR count). The summed E-state index contributed by atoms with van der Waals surface area (Å²) in [5.41, 5.74) is 1.65. The highest BCUT2D eigenvalue weighted by molar-refractivity contribution is 7.11. The van der Waals surface area contributed by atoms with Crippen LogP contribution in [0.2, 0.25) is 0 Å². The van der Waals surface area contributed by atoms with Gasteiger partial charge in [0.1, 0.15) is 4.88 Å². The molecule has 1 aromatic heterocycles. The number of nitrogens with zero attached hydrogens (tertiary/aromatic N) is 1. The van der Waals surface area contributed by atoms with Crippen molar-refractivity contribution in [1.29, 1.82) is 0 Å². The quantitative estimate of drug-likeness (QED) is 0.813. The van der Waals surface area contributed by atoms with Gasteiger partial charge >= 0.3 is 0 Å². The zero-order valence-electron chi connectivity index (χ0n) is 8.33. The summed E-state index contributed by atoms with van der Waals surface area (Å²) >= 11 is 1.36. The summed E-state index contributed by atoms with van der Waals surface area (Å²) in [5, 5.41) is 2.77. The largest absolute Gasteiger partial charge is 0.351 e. The summed E-state index contributed by atoms with van der Waals surface area (Å²) in [7, 11) is 0. The zero-order chi connectivity index (χ0) is 10.1. The van der Waals surface area contributed by atoms with E-state index in [4.69, 9.17) is 0 Å². The summed E-state index contributed by atoms with van der Waals surface area (Å²) in [6, 6.07) is 0. The van der Waals surface area contributed by atoms with Gasteiger partial charge in [0.2, 0.25) is 0 Å². The zero-order valence-corrected chi connectivity index (χ0v) is 9.15. The fraction of sp³-hybridized carbons (Fsp3) is 0.556. The lowest BCUT2D eigenvalue weighted by molar-refractivity contribution is 0.0957. The van der Waals surface area contributed by atoms with E-state index in [1.54, 1.807) is 11.7 Å². The second kappa shape index (κ2) is 7.73. The van der Waals surface area contributed by atoms with E-state index in [1.165, 1.54) is 11.3 Å². The van der Waals surface area contributed by atoms with Crippen molar-refractivity contribution in [3.8, 4) is 0 Å². The van der Waals surface area contributed by atoms with Crippen molar-refractivity contribution < 1.29 is 4.79 Å². The predicted molar refractivity (Wildman–Crippen MR) is 56.1 cm³/mol. The first-order valence-corrected chi connectivity index (χ1v) is 5.39. The molecule has 0 aromatic carbocycles. The Balaban J connectivity index is 0.000000671. The number of aromatic nitrogens is 1. The van der Waals surface area contributed by atoms with E-state index >= 15 is 0 Å². The number of carbonyl (C=O) groups is 1. The summed E-state index contributed by atoms with van der Waals surface area (Å²) in [6.07, 6.45) is 2.54. The Bertz CT molecular complexity index is 222. The fourth-order valence-electron chi connectivity index (χ4n) is 0.654. The molecule has 13 heavy (non-hydrogen) atoms. The van der Waals surface area contributed by atoms with Crippen molar-refractivity contribution in [1.82, 2.24) is 10.3 Å². The van der Waals surface area contributed by atoms with Crippen LogP contribution in [0, 0.1) is 0 Å². The standard InChI is InChI=1S/C7H10N2OS.C2H6/c1-2-3-9-7(10)6-4-8-5-11-6;1-2/h4-5H,2-3H2,1H3,(H,9,10);1-2H3. The number of carbonyl (C=O) groups excluding carboxylic acids is 1. The van der Waals surface area contributed by atoms with E-state index in [0.717, 1.165) is 13.0 Å². The van der Waals surface area contributed by atoms with E-state index in [-0.39, 0.29) is 5.91 Å². The monoisotopic (exact) mass is 200 g/mol. The van der Waals surface area contributed by atoms with Crippen molar-refractivity contribution in [3.05, 3.63) is 16.6 Å². The molecule has 3 nitrogen and oxygen atoms in total. The van der Waals surface area contributed by atoms with Gasteiger partial charge < -0.3 is 5.32 Å². The van der Waals surface area contributed by atoms with Gasteiger partial charge in [-0.1, -0.05) is 20.8 Å². The molecule has 0 saturated carbocycles. The maximum Gasteiger partial charge on any atom is 0.262 e. The minimum absolute atomic E-state index is 0.0191. The van der Waals surface area contributed by atoms with Crippen molar-refractivity contribution in [2.75, 3.05) is 6.54 Å². The first-order chi connectivity index (χ1) is 6.34. The van der Waals surface area contributed by atoms with Gasteiger partial charge in [0.25, 0.3) is 5.91 Å². The van der Waals surface area contributed by atoms with Gasteiger partial charge in [0.05, 0.1) is 11.7 Å². The van der Waals surface area contributed by atoms with Gasteiger partial charge in [0.15, 0.2) is 0 Å². The number of thiazole rings is 1. The second-order valence-corrected chi connectivity index (χ2v) is 3.01. The van der Waals surface area contributed by atoms with Crippen LogP contribution in [0.25, 0.3) is 0 Å². The number of nitrogens with one attached hydrogen (secondary N) is 1. The number of hydrogen-bond donors (Lipinski definition) is 1. The third kappa shape index (κ3) is 4.62. The lowest BCUT2D eigenvalue weighted by atomic mass is 10.4. The lowest BCUT2D eigenvalue weighted by Crippen LogP contribution is -2.22. The van der Waals surface area contributed by atoms with E-state index in [2.05, 4.69) is 10.3 Å². The lowest BCUT2D eigenvalue weighted by Gasteiger charge is -1.98. The normalized spacial score (nSPS) is 8.54. The molecule has 0 fully saturated rings. The Morgan fingerprint density at radius 1 is 1.62 bits per heavy atom. The molecular formula is C9H16N2OS. The summed E-state index contributed by atoms with van der Waals surface area (Å²) in [6.45, 7) is 6.75. The van der Waals surface area contributed by atoms with Crippen molar-refractivity contribution in [2.45, 2.75) is 27.2 Å². The molecule has 0 bridgehead atoms. The summed E-state index contributed by atoms with van der Waals surface area (Å²) in [4.78, 5) is 15.6. The highest BCUT2D eigenvalue weighted by atomic mass is 32.1.